The van der Waals surface area contributed by atoms with Crippen LogP contribution < -0.4 is 10.6 Å². The third kappa shape index (κ3) is 4.89. The van der Waals surface area contributed by atoms with Gasteiger partial charge < -0.3 is 15.4 Å². The highest BCUT2D eigenvalue weighted by Crippen LogP contribution is 2.16. The van der Waals surface area contributed by atoms with E-state index in [4.69, 9.17) is 0 Å². The average Bonchev–Trinajstić information content (AvgIpc) is 2.91. The minimum Gasteiger partial charge on any atom is -0.453 e. The number of hydrogen-bond acceptors (Lipinski definition) is 4. The Kier molecular flexibility index (Phi) is 5.55. The van der Waals surface area contributed by atoms with Gasteiger partial charge in [-0.3, -0.25) is 4.79 Å². The highest BCUT2D eigenvalue weighted by molar-refractivity contribution is 7.12. The first-order chi connectivity index (χ1) is 10.6. The van der Waals surface area contributed by atoms with Crippen LogP contribution in [-0.2, 0) is 22.5 Å². The molecule has 0 atom stereocenters. The Bertz CT molecular complexity index is 650. The minimum absolute atomic E-state index is 0.0396. The predicted octanol–water partition coefficient (Wildman–Crippen LogP) is 3.09. The summed E-state index contributed by atoms with van der Waals surface area (Å²) in [6.07, 6.45) is -0.0897. The van der Waals surface area contributed by atoms with E-state index in [2.05, 4.69) is 15.4 Å². The number of carbonyl (C=O) groups excluding carboxylic acids is 2. The van der Waals surface area contributed by atoms with Crippen LogP contribution in [0.3, 0.4) is 0 Å². The number of carbonyl (C=O) groups is 2. The maximum Gasteiger partial charge on any atom is 0.407 e. The maximum absolute atomic E-state index is 12.0. The zero-order valence-electron chi connectivity index (χ0n) is 12.5. The van der Waals surface area contributed by atoms with Crippen LogP contribution in [-0.4, -0.2) is 19.1 Å². The molecule has 0 spiro atoms. The number of amides is 2. The predicted molar refractivity (Wildman–Crippen MR) is 87.1 cm³/mol. The second kappa shape index (κ2) is 7.61. The zero-order valence-corrected chi connectivity index (χ0v) is 13.3. The first-order valence-corrected chi connectivity index (χ1v) is 7.64. The van der Waals surface area contributed by atoms with Gasteiger partial charge in [-0.05, 0) is 36.8 Å². The lowest BCUT2D eigenvalue weighted by atomic mass is 10.2. The summed E-state index contributed by atoms with van der Waals surface area (Å²) in [7, 11) is 1.32. The van der Waals surface area contributed by atoms with E-state index in [1.54, 1.807) is 11.3 Å². The Morgan fingerprint density at radius 3 is 2.45 bits per heavy atom. The molecule has 116 valence electrons. The van der Waals surface area contributed by atoms with E-state index in [9.17, 15) is 9.59 Å². The van der Waals surface area contributed by atoms with Gasteiger partial charge in [0.05, 0.1) is 13.5 Å². The molecule has 22 heavy (non-hydrogen) atoms. The molecule has 1 aromatic carbocycles. The smallest absolute Gasteiger partial charge is 0.407 e. The average molecular weight is 318 g/mol. The van der Waals surface area contributed by atoms with Gasteiger partial charge in [0, 0.05) is 22.0 Å². The van der Waals surface area contributed by atoms with Crippen molar-refractivity contribution in [1.29, 1.82) is 0 Å². The lowest BCUT2D eigenvalue weighted by Gasteiger charge is -2.07. The van der Waals surface area contributed by atoms with Crippen molar-refractivity contribution in [3.63, 3.8) is 0 Å². The van der Waals surface area contributed by atoms with Crippen molar-refractivity contribution >= 4 is 29.0 Å². The molecule has 0 radical (unpaired) electrons. The van der Waals surface area contributed by atoms with Crippen LogP contribution in [0.5, 0.6) is 0 Å². The number of aryl methyl sites for hydroxylation is 1. The largest absolute Gasteiger partial charge is 0.453 e. The number of nitrogens with one attached hydrogen (secondary N) is 2. The summed E-state index contributed by atoms with van der Waals surface area (Å²) in [6, 6.07) is 11.3. The van der Waals surface area contributed by atoms with Crippen LogP contribution in [0.4, 0.5) is 10.5 Å². The van der Waals surface area contributed by atoms with Gasteiger partial charge >= 0.3 is 6.09 Å². The van der Waals surface area contributed by atoms with Crippen LogP contribution in [0.1, 0.15) is 15.3 Å². The second-order valence-electron chi connectivity index (χ2n) is 4.78. The summed E-state index contributed by atoms with van der Waals surface area (Å²) in [5.74, 6) is -0.0396. The zero-order chi connectivity index (χ0) is 15.9. The molecule has 6 heteroatoms. The molecule has 0 unspecified atom stereocenters. The van der Waals surface area contributed by atoms with Crippen LogP contribution in [0.25, 0.3) is 0 Å². The molecule has 2 rings (SSSR count). The van der Waals surface area contributed by atoms with Crippen LogP contribution in [0.15, 0.2) is 36.4 Å². The molecule has 0 aliphatic carbocycles. The fraction of sp³-hybridized carbons (Fsp3) is 0.250. The van der Waals surface area contributed by atoms with Crippen molar-refractivity contribution in [3.05, 3.63) is 51.7 Å². The summed E-state index contributed by atoms with van der Waals surface area (Å²) < 4.78 is 4.50. The number of benzene rings is 1. The van der Waals surface area contributed by atoms with E-state index in [1.165, 1.54) is 12.0 Å². The Labute approximate surface area is 133 Å². The Hall–Kier alpha value is -2.34. The fourth-order valence-electron chi connectivity index (χ4n) is 1.90. The van der Waals surface area contributed by atoms with Crippen LogP contribution in [0, 0.1) is 6.92 Å². The lowest BCUT2D eigenvalue weighted by molar-refractivity contribution is -0.115. The van der Waals surface area contributed by atoms with Gasteiger partial charge in [-0.15, -0.1) is 11.3 Å². The maximum atomic E-state index is 12.0. The molecule has 1 aromatic heterocycles. The Morgan fingerprint density at radius 2 is 1.86 bits per heavy atom. The number of ether oxygens (including phenoxy) is 1. The SMILES string of the molecule is COC(=O)NCc1ccc(NC(=O)Cc2ccc(C)s2)cc1. The van der Waals surface area contributed by atoms with E-state index in [0.29, 0.717) is 13.0 Å². The van der Waals surface area contributed by atoms with Crippen molar-refractivity contribution in [2.45, 2.75) is 19.9 Å². The first kappa shape index (κ1) is 16.0. The molecular formula is C16H18N2O3S. The summed E-state index contributed by atoms with van der Waals surface area (Å²) in [5.41, 5.74) is 1.66. The topological polar surface area (TPSA) is 67.4 Å². The van der Waals surface area contributed by atoms with Gasteiger partial charge in [0.2, 0.25) is 5.91 Å². The summed E-state index contributed by atoms with van der Waals surface area (Å²) in [4.78, 5) is 25.2. The minimum atomic E-state index is -0.469. The van der Waals surface area contributed by atoms with Gasteiger partial charge in [-0.25, -0.2) is 4.79 Å². The van der Waals surface area contributed by atoms with E-state index in [0.717, 1.165) is 16.1 Å². The molecule has 0 saturated carbocycles. The van der Waals surface area contributed by atoms with E-state index in [-0.39, 0.29) is 5.91 Å². The normalized spacial score (nSPS) is 10.1. The molecule has 0 aliphatic heterocycles. The third-order valence-corrected chi connectivity index (χ3v) is 3.99. The molecule has 2 aromatic rings. The molecule has 0 aliphatic rings. The van der Waals surface area contributed by atoms with Gasteiger partial charge in [-0.2, -0.15) is 0 Å². The summed E-state index contributed by atoms with van der Waals surface area (Å²) >= 11 is 1.63. The van der Waals surface area contributed by atoms with Gasteiger partial charge in [0.15, 0.2) is 0 Å². The molecular weight excluding hydrogens is 300 g/mol. The van der Waals surface area contributed by atoms with Crippen molar-refractivity contribution in [2.24, 2.45) is 0 Å². The number of methoxy groups -OCH3 is 1. The first-order valence-electron chi connectivity index (χ1n) is 6.83. The molecule has 1 heterocycles. The van der Waals surface area contributed by atoms with Crippen molar-refractivity contribution in [3.8, 4) is 0 Å². The van der Waals surface area contributed by atoms with Gasteiger partial charge in [0.25, 0.3) is 0 Å². The van der Waals surface area contributed by atoms with Crippen molar-refractivity contribution < 1.29 is 14.3 Å². The fourth-order valence-corrected chi connectivity index (χ4v) is 2.78. The standard InChI is InChI=1S/C16H18N2O3S/c1-11-3-8-14(22-11)9-15(19)18-13-6-4-12(5-7-13)10-17-16(20)21-2/h3-8H,9-10H2,1-2H3,(H,17,20)(H,18,19). The lowest BCUT2D eigenvalue weighted by Crippen LogP contribution is -2.22. The number of rotatable bonds is 5. The Balaban J connectivity index is 1.85. The molecule has 2 amide bonds. The monoisotopic (exact) mass is 318 g/mol. The number of hydrogen-bond donors (Lipinski definition) is 2. The second-order valence-corrected chi connectivity index (χ2v) is 6.15. The van der Waals surface area contributed by atoms with E-state index < -0.39 is 6.09 Å². The molecule has 2 N–H and O–H groups in total. The van der Waals surface area contributed by atoms with E-state index >= 15 is 0 Å². The van der Waals surface area contributed by atoms with Crippen LogP contribution >= 0.6 is 11.3 Å². The molecule has 0 fully saturated rings. The van der Waals surface area contributed by atoms with Crippen LogP contribution in [0.2, 0.25) is 0 Å². The molecule has 5 nitrogen and oxygen atoms in total. The quantitative estimate of drug-likeness (QED) is 0.890. The van der Waals surface area contributed by atoms with Crippen molar-refractivity contribution in [2.75, 3.05) is 12.4 Å². The highest BCUT2D eigenvalue weighted by Gasteiger charge is 2.06. The highest BCUT2D eigenvalue weighted by atomic mass is 32.1. The summed E-state index contributed by atoms with van der Waals surface area (Å²) in [6.45, 7) is 2.41. The third-order valence-electron chi connectivity index (χ3n) is 2.99. The van der Waals surface area contributed by atoms with E-state index in [1.807, 2.05) is 43.3 Å². The molecule has 0 bridgehead atoms. The number of alkyl carbamates (subject to hydrolysis) is 1. The number of anilines is 1. The molecule has 0 saturated heterocycles. The van der Waals surface area contributed by atoms with Gasteiger partial charge in [0.1, 0.15) is 0 Å². The Morgan fingerprint density at radius 1 is 1.14 bits per heavy atom. The van der Waals surface area contributed by atoms with Gasteiger partial charge in [-0.1, -0.05) is 12.1 Å². The number of thiophene rings is 1. The summed E-state index contributed by atoms with van der Waals surface area (Å²) in [5, 5.41) is 5.46. The van der Waals surface area contributed by atoms with Crippen molar-refractivity contribution in [1.82, 2.24) is 5.32 Å².